The molecule has 0 saturated carbocycles. The molecule has 3 nitrogen and oxygen atoms in total. The molecule has 224 valence electrons. The summed E-state index contributed by atoms with van der Waals surface area (Å²) in [6, 6.07) is 58.3. The first-order chi connectivity index (χ1) is 23.8. The van der Waals surface area contributed by atoms with Crippen LogP contribution < -0.4 is 4.90 Å². The molecule has 2 heterocycles. The number of rotatable bonds is 4. The SMILES string of the molecule is c1ccc(-c2ccc(N(c3ccc4ccc5cc6oc7ccccc7c6cc5c4c3)c3cccc4c3ccc3ccccc34)cn2)cc1. The Balaban J connectivity index is 1.22. The van der Waals surface area contributed by atoms with Gasteiger partial charge in [-0.25, -0.2) is 0 Å². The molecule has 8 aromatic carbocycles. The summed E-state index contributed by atoms with van der Waals surface area (Å²) in [6.07, 6.45) is 2.00. The molecule has 0 N–H and O–H groups in total. The lowest BCUT2D eigenvalue weighted by Gasteiger charge is -2.27. The molecule has 2 aromatic heterocycles. The fraction of sp³-hybridized carbons (Fsp3) is 0. The van der Waals surface area contributed by atoms with Crippen LogP contribution in [0.1, 0.15) is 0 Å². The van der Waals surface area contributed by atoms with Crippen molar-refractivity contribution in [2.45, 2.75) is 0 Å². The predicted molar refractivity (Wildman–Crippen MR) is 202 cm³/mol. The van der Waals surface area contributed by atoms with Crippen molar-refractivity contribution in [3.8, 4) is 11.3 Å². The summed E-state index contributed by atoms with van der Waals surface area (Å²) in [5, 5.41) is 11.9. The van der Waals surface area contributed by atoms with Gasteiger partial charge in [0.25, 0.3) is 0 Å². The minimum absolute atomic E-state index is 0.911. The number of para-hydroxylation sites is 1. The summed E-state index contributed by atoms with van der Waals surface area (Å²) >= 11 is 0. The van der Waals surface area contributed by atoms with Crippen LogP contribution in [0.25, 0.3) is 76.3 Å². The van der Waals surface area contributed by atoms with Crippen molar-refractivity contribution in [2.75, 3.05) is 4.90 Å². The number of hydrogen-bond acceptors (Lipinski definition) is 3. The van der Waals surface area contributed by atoms with Crippen LogP contribution in [0.2, 0.25) is 0 Å². The third-order valence-electron chi connectivity index (χ3n) is 9.66. The number of aromatic nitrogens is 1. The number of fused-ring (bicyclic) bond motifs is 9. The number of pyridine rings is 1. The average molecular weight is 613 g/mol. The maximum Gasteiger partial charge on any atom is 0.136 e. The van der Waals surface area contributed by atoms with Crippen LogP contribution >= 0.6 is 0 Å². The molecule has 0 saturated heterocycles. The zero-order valence-electron chi connectivity index (χ0n) is 26.0. The van der Waals surface area contributed by atoms with Crippen molar-refractivity contribution < 1.29 is 4.42 Å². The van der Waals surface area contributed by atoms with Gasteiger partial charge in [-0.1, -0.05) is 115 Å². The van der Waals surface area contributed by atoms with Crippen molar-refractivity contribution >= 4 is 82.1 Å². The summed E-state index contributed by atoms with van der Waals surface area (Å²) in [5.41, 5.74) is 7.05. The zero-order chi connectivity index (χ0) is 31.6. The molecule has 10 aromatic rings. The van der Waals surface area contributed by atoms with Crippen molar-refractivity contribution in [1.29, 1.82) is 0 Å². The second-order valence-corrected chi connectivity index (χ2v) is 12.4. The number of furan rings is 1. The normalized spacial score (nSPS) is 11.8. The Hall–Kier alpha value is -6.45. The van der Waals surface area contributed by atoms with E-state index in [1.165, 1.54) is 37.7 Å². The Morgan fingerprint density at radius 1 is 0.396 bits per heavy atom. The van der Waals surface area contributed by atoms with Crippen molar-refractivity contribution in [1.82, 2.24) is 4.98 Å². The highest BCUT2D eigenvalue weighted by Crippen LogP contribution is 2.43. The molecule has 0 aliphatic carbocycles. The molecule has 3 heteroatoms. The van der Waals surface area contributed by atoms with Crippen molar-refractivity contribution in [2.24, 2.45) is 0 Å². The van der Waals surface area contributed by atoms with Crippen LogP contribution in [-0.4, -0.2) is 4.98 Å². The van der Waals surface area contributed by atoms with Gasteiger partial charge in [-0.3, -0.25) is 4.98 Å². The van der Waals surface area contributed by atoms with Crippen LogP contribution in [0, 0.1) is 0 Å². The first-order valence-electron chi connectivity index (χ1n) is 16.3. The number of hydrogen-bond donors (Lipinski definition) is 0. The molecule has 0 unspecified atom stereocenters. The van der Waals surface area contributed by atoms with Gasteiger partial charge in [-0.15, -0.1) is 0 Å². The minimum atomic E-state index is 0.911. The first kappa shape index (κ1) is 26.7. The predicted octanol–water partition coefficient (Wildman–Crippen LogP) is 12.7. The third-order valence-corrected chi connectivity index (χ3v) is 9.66. The van der Waals surface area contributed by atoms with E-state index in [0.29, 0.717) is 0 Å². The van der Waals surface area contributed by atoms with Crippen LogP contribution in [0.5, 0.6) is 0 Å². The van der Waals surface area contributed by atoms with E-state index in [-0.39, 0.29) is 0 Å². The van der Waals surface area contributed by atoms with Crippen LogP contribution in [0.4, 0.5) is 17.1 Å². The smallest absolute Gasteiger partial charge is 0.136 e. The highest BCUT2D eigenvalue weighted by Gasteiger charge is 2.18. The maximum absolute atomic E-state index is 6.25. The highest BCUT2D eigenvalue weighted by atomic mass is 16.3. The fourth-order valence-corrected chi connectivity index (χ4v) is 7.34. The van der Waals surface area contributed by atoms with E-state index in [9.17, 15) is 0 Å². The van der Waals surface area contributed by atoms with E-state index in [2.05, 4.69) is 150 Å². The van der Waals surface area contributed by atoms with Gasteiger partial charge in [0.05, 0.1) is 23.3 Å². The van der Waals surface area contributed by atoms with Gasteiger partial charge in [0, 0.05) is 27.4 Å². The summed E-state index contributed by atoms with van der Waals surface area (Å²) < 4.78 is 6.25. The van der Waals surface area contributed by atoms with Crippen molar-refractivity contribution in [3.05, 3.63) is 170 Å². The van der Waals surface area contributed by atoms with Crippen LogP contribution in [0.3, 0.4) is 0 Å². The summed E-state index contributed by atoms with van der Waals surface area (Å²) in [7, 11) is 0. The molecule has 0 atom stereocenters. The van der Waals surface area contributed by atoms with Gasteiger partial charge >= 0.3 is 0 Å². The van der Waals surface area contributed by atoms with E-state index >= 15 is 0 Å². The van der Waals surface area contributed by atoms with Gasteiger partial charge in [-0.05, 0) is 86.2 Å². The van der Waals surface area contributed by atoms with Crippen LogP contribution in [-0.2, 0) is 0 Å². The monoisotopic (exact) mass is 612 g/mol. The molecule has 0 amide bonds. The molecule has 10 rings (SSSR count). The molecule has 0 spiro atoms. The minimum Gasteiger partial charge on any atom is -0.456 e. The van der Waals surface area contributed by atoms with E-state index < -0.39 is 0 Å². The van der Waals surface area contributed by atoms with Gasteiger partial charge in [0.15, 0.2) is 0 Å². The summed E-state index contributed by atoms with van der Waals surface area (Å²) in [6.45, 7) is 0. The average Bonchev–Trinajstić information content (AvgIpc) is 3.52. The van der Waals surface area contributed by atoms with Gasteiger partial charge in [-0.2, -0.15) is 0 Å². The van der Waals surface area contributed by atoms with Crippen molar-refractivity contribution in [3.63, 3.8) is 0 Å². The molecule has 0 aliphatic heterocycles. The van der Waals surface area contributed by atoms with E-state index in [1.54, 1.807) is 0 Å². The standard InChI is InChI=1S/C45H28N2O/c1-2-10-31(11-3-1)42-24-22-34(28-46-42)47(43-15-8-14-36-35-12-5-4-9-29(35)20-23-37(36)43)33-21-19-30-17-18-32-25-45-41(27-40(32)39(30)26-33)38-13-6-7-16-44(38)48-45/h1-28H. The molecule has 0 fully saturated rings. The number of nitrogens with zero attached hydrogens (tertiary/aromatic N) is 2. The summed E-state index contributed by atoms with van der Waals surface area (Å²) in [5.74, 6) is 0. The first-order valence-corrected chi connectivity index (χ1v) is 16.3. The second-order valence-electron chi connectivity index (χ2n) is 12.4. The Labute approximate surface area is 276 Å². The third kappa shape index (κ3) is 4.18. The Morgan fingerprint density at radius 2 is 1.10 bits per heavy atom. The summed E-state index contributed by atoms with van der Waals surface area (Å²) in [4.78, 5) is 7.32. The Bertz CT molecular complexity index is 2830. The van der Waals surface area contributed by atoms with E-state index in [4.69, 9.17) is 9.40 Å². The van der Waals surface area contributed by atoms with E-state index in [1.807, 2.05) is 24.4 Å². The second kappa shape index (κ2) is 10.5. The number of anilines is 3. The van der Waals surface area contributed by atoms with Gasteiger partial charge in [0.1, 0.15) is 11.2 Å². The quantitative estimate of drug-likeness (QED) is 0.185. The molecule has 0 aliphatic rings. The lowest BCUT2D eigenvalue weighted by atomic mass is 9.98. The van der Waals surface area contributed by atoms with E-state index in [0.717, 1.165) is 55.6 Å². The largest absolute Gasteiger partial charge is 0.456 e. The van der Waals surface area contributed by atoms with Gasteiger partial charge < -0.3 is 9.32 Å². The molecular weight excluding hydrogens is 585 g/mol. The topological polar surface area (TPSA) is 29.3 Å². The Morgan fingerprint density at radius 3 is 2.00 bits per heavy atom. The molecular formula is C45H28N2O. The molecule has 0 bridgehead atoms. The molecule has 0 radical (unpaired) electrons. The zero-order valence-corrected chi connectivity index (χ0v) is 26.0. The lowest BCUT2D eigenvalue weighted by molar-refractivity contribution is 0.669. The number of benzene rings is 8. The highest BCUT2D eigenvalue weighted by molar-refractivity contribution is 6.17. The van der Waals surface area contributed by atoms with Gasteiger partial charge in [0.2, 0.25) is 0 Å². The maximum atomic E-state index is 6.25. The van der Waals surface area contributed by atoms with Crippen LogP contribution in [0.15, 0.2) is 174 Å². The molecule has 48 heavy (non-hydrogen) atoms. The fourth-order valence-electron chi connectivity index (χ4n) is 7.34. The Kier molecular flexibility index (Phi) is 5.87. The lowest BCUT2D eigenvalue weighted by Crippen LogP contribution is -2.11.